The first-order valence-corrected chi connectivity index (χ1v) is 7.13. The fourth-order valence-electron chi connectivity index (χ4n) is 2.06. The van der Waals surface area contributed by atoms with Gasteiger partial charge in [0, 0.05) is 23.5 Å². The predicted molar refractivity (Wildman–Crippen MR) is 77.1 cm³/mol. The molecule has 0 amide bonds. The number of rotatable bonds is 4. The number of aliphatic hydroxyl groups excluding tert-OH is 1. The maximum Gasteiger partial charge on any atom is 0.0961 e. The van der Waals surface area contributed by atoms with E-state index in [9.17, 15) is 0 Å². The molecule has 3 heteroatoms. The van der Waals surface area contributed by atoms with Crippen molar-refractivity contribution in [2.24, 2.45) is 0 Å². The minimum Gasteiger partial charge on any atom is -0.396 e. The van der Waals surface area contributed by atoms with Crippen molar-refractivity contribution in [3.8, 4) is 11.3 Å². The van der Waals surface area contributed by atoms with Gasteiger partial charge in [-0.25, -0.2) is 4.98 Å². The first kappa shape index (κ1) is 13.2. The smallest absolute Gasteiger partial charge is 0.0961 e. The molecule has 0 radical (unpaired) electrons. The SMILES string of the molecule is Cc1ccc(-c2csc(C(C)CCO)n2)c(C)c1. The summed E-state index contributed by atoms with van der Waals surface area (Å²) >= 11 is 1.68. The average Bonchev–Trinajstić information content (AvgIpc) is 2.78. The Hall–Kier alpha value is -1.19. The minimum absolute atomic E-state index is 0.222. The Kier molecular flexibility index (Phi) is 4.15. The van der Waals surface area contributed by atoms with E-state index in [4.69, 9.17) is 10.1 Å². The Morgan fingerprint density at radius 2 is 2.11 bits per heavy atom. The number of hydrogen-bond acceptors (Lipinski definition) is 3. The highest BCUT2D eigenvalue weighted by molar-refractivity contribution is 7.10. The van der Waals surface area contributed by atoms with Crippen LogP contribution in [-0.2, 0) is 0 Å². The second kappa shape index (κ2) is 5.63. The Morgan fingerprint density at radius 1 is 1.33 bits per heavy atom. The van der Waals surface area contributed by atoms with Crippen molar-refractivity contribution in [1.82, 2.24) is 4.98 Å². The Morgan fingerprint density at radius 3 is 2.78 bits per heavy atom. The van der Waals surface area contributed by atoms with Gasteiger partial charge in [0.1, 0.15) is 0 Å². The molecule has 2 nitrogen and oxygen atoms in total. The van der Waals surface area contributed by atoms with Gasteiger partial charge in [0.15, 0.2) is 0 Å². The Labute approximate surface area is 112 Å². The van der Waals surface area contributed by atoms with Crippen molar-refractivity contribution >= 4 is 11.3 Å². The van der Waals surface area contributed by atoms with Gasteiger partial charge in [0.2, 0.25) is 0 Å². The molecule has 0 fully saturated rings. The van der Waals surface area contributed by atoms with E-state index in [0.29, 0.717) is 5.92 Å². The van der Waals surface area contributed by atoms with Crippen LogP contribution in [0.3, 0.4) is 0 Å². The van der Waals surface area contributed by atoms with Gasteiger partial charge in [-0.3, -0.25) is 0 Å². The van der Waals surface area contributed by atoms with Crippen LogP contribution >= 0.6 is 11.3 Å². The first-order valence-electron chi connectivity index (χ1n) is 6.25. The molecule has 1 aromatic heterocycles. The van der Waals surface area contributed by atoms with E-state index in [1.807, 2.05) is 0 Å². The number of aliphatic hydroxyl groups is 1. The van der Waals surface area contributed by atoms with E-state index in [2.05, 4.69) is 44.4 Å². The highest BCUT2D eigenvalue weighted by Gasteiger charge is 2.12. The van der Waals surface area contributed by atoms with E-state index < -0.39 is 0 Å². The fourth-order valence-corrected chi connectivity index (χ4v) is 2.97. The van der Waals surface area contributed by atoms with Gasteiger partial charge in [0.05, 0.1) is 10.7 Å². The summed E-state index contributed by atoms with van der Waals surface area (Å²) in [5.41, 5.74) is 4.80. The Bertz CT molecular complexity index is 533. The standard InChI is InChI=1S/C15H19NOS/c1-10-4-5-13(12(3)8-10)14-9-18-15(16-14)11(2)6-7-17/h4-5,8-9,11,17H,6-7H2,1-3H3. The van der Waals surface area contributed by atoms with Gasteiger partial charge in [-0.2, -0.15) is 0 Å². The van der Waals surface area contributed by atoms with Crippen LogP contribution in [0, 0.1) is 13.8 Å². The second-order valence-electron chi connectivity index (χ2n) is 4.80. The van der Waals surface area contributed by atoms with Crippen molar-refractivity contribution < 1.29 is 5.11 Å². The molecule has 18 heavy (non-hydrogen) atoms. The highest BCUT2D eigenvalue weighted by atomic mass is 32.1. The van der Waals surface area contributed by atoms with Gasteiger partial charge in [-0.1, -0.05) is 30.7 Å². The molecule has 96 valence electrons. The average molecular weight is 261 g/mol. The number of hydrogen-bond donors (Lipinski definition) is 1. The van der Waals surface area contributed by atoms with Crippen LogP contribution in [-0.4, -0.2) is 16.7 Å². The van der Waals surface area contributed by atoms with Gasteiger partial charge in [0.25, 0.3) is 0 Å². The summed E-state index contributed by atoms with van der Waals surface area (Å²) in [6.07, 6.45) is 0.778. The molecule has 0 saturated carbocycles. The van der Waals surface area contributed by atoms with Crippen LogP contribution in [0.1, 0.15) is 35.4 Å². The highest BCUT2D eigenvalue weighted by Crippen LogP contribution is 2.29. The van der Waals surface area contributed by atoms with Crippen LogP contribution in [0.4, 0.5) is 0 Å². The Balaban J connectivity index is 2.29. The van der Waals surface area contributed by atoms with E-state index in [0.717, 1.165) is 17.1 Å². The molecule has 0 aliphatic rings. The third kappa shape index (κ3) is 2.79. The molecule has 0 aliphatic heterocycles. The normalized spacial score (nSPS) is 12.7. The molecule has 2 aromatic rings. The zero-order valence-corrected chi connectivity index (χ0v) is 11.9. The number of aromatic nitrogens is 1. The molecule has 0 bridgehead atoms. The molecule has 1 heterocycles. The summed E-state index contributed by atoms with van der Waals surface area (Å²) in [6.45, 7) is 6.56. The third-order valence-electron chi connectivity index (χ3n) is 3.16. The lowest BCUT2D eigenvalue weighted by Gasteiger charge is -2.06. The summed E-state index contributed by atoms with van der Waals surface area (Å²) in [6, 6.07) is 6.45. The van der Waals surface area contributed by atoms with Crippen LogP contribution in [0.15, 0.2) is 23.6 Å². The monoisotopic (exact) mass is 261 g/mol. The molecule has 2 rings (SSSR count). The van der Waals surface area contributed by atoms with Crippen molar-refractivity contribution in [3.63, 3.8) is 0 Å². The molecular formula is C15H19NOS. The summed E-state index contributed by atoms with van der Waals surface area (Å²) in [5, 5.41) is 12.2. The molecule has 0 saturated heterocycles. The van der Waals surface area contributed by atoms with Crippen molar-refractivity contribution in [3.05, 3.63) is 39.7 Å². The maximum absolute atomic E-state index is 8.97. The van der Waals surface area contributed by atoms with Crippen molar-refractivity contribution in [1.29, 1.82) is 0 Å². The topological polar surface area (TPSA) is 33.1 Å². The largest absolute Gasteiger partial charge is 0.396 e. The van der Waals surface area contributed by atoms with Crippen LogP contribution in [0.2, 0.25) is 0 Å². The van der Waals surface area contributed by atoms with Gasteiger partial charge >= 0.3 is 0 Å². The molecule has 1 aromatic carbocycles. The molecule has 1 unspecified atom stereocenters. The van der Waals surface area contributed by atoms with E-state index in [1.165, 1.54) is 16.7 Å². The molecular weight excluding hydrogens is 242 g/mol. The van der Waals surface area contributed by atoms with Gasteiger partial charge < -0.3 is 5.11 Å². The van der Waals surface area contributed by atoms with E-state index >= 15 is 0 Å². The zero-order chi connectivity index (χ0) is 13.1. The summed E-state index contributed by atoms with van der Waals surface area (Å²) in [7, 11) is 0. The number of nitrogens with zero attached hydrogens (tertiary/aromatic N) is 1. The van der Waals surface area contributed by atoms with E-state index in [1.54, 1.807) is 11.3 Å². The summed E-state index contributed by atoms with van der Waals surface area (Å²) in [5.74, 6) is 0.333. The summed E-state index contributed by atoms with van der Waals surface area (Å²) in [4.78, 5) is 4.70. The molecule has 0 spiro atoms. The van der Waals surface area contributed by atoms with Crippen LogP contribution in [0.25, 0.3) is 11.3 Å². The molecule has 1 atom stereocenters. The van der Waals surface area contributed by atoms with Crippen LogP contribution < -0.4 is 0 Å². The number of thiazole rings is 1. The van der Waals surface area contributed by atoms with E-state index in [-0.39, 0.29) is 6.61 Å². The number of benzene rings is 1. The molecule has 0 aliphatic carbocycles. The van der Waals surface area contributed by atoms with Crippen molar-refractivity contribution in [2.75, 3.05) is 6.61 Å². The second-order valence-corrected chi connectivity index (χ2v) is 5.69. The predicted octanol–water partition coefficient (Wildman–Crippen LogP) is 3.91. The summed E-state index contributed by atoms with van der Waals surface area (Å²) < 4.78 is 0. The lowest BCUT2D eigenvalue weighted by Crippen LogP contribution is -1.96. The third-order valence-corrected chi connectivity index (χ3v) is 4.24. The molecule has 1 N–H and O–H groups in total. The fraction of sp³-hybridized carbons (Fsp3) is 0.400. The van der Waals surface area contributed by atoms with Gasteiger partial charge in [-0.05, 0) is 25.8 Å². The maximum atomic E-state index is 8.97. The zero-order valence-electron chi connectivity index (χ0n) is 11.1. The lowest BCUT2D eigenvalue weighted by molar-refractivity contribution is 0.278. The number of aryl methyl sites for hydroxylation is 2. The van der Waals surface area contributed by atoms with Crippen molar-refractivity contribution in [2.45, 2.75) is 33.1 Å². The first-order chi connectivity index (χ1) is 8.61. The quantitative estimate of drug-likeness (QED) is 0.905. The lowest BCUT2D eigenvalue weighted by atomic mass is 10.0. The van der Waals surface area contributed by atoms with Gasteiger partial charge in [-0.15, -0.1) is 11.3 Å². The van der Waals surface area contributed by atoms with Crippen LogP contribution in [0.5, 0.6) is 0 Å². The minimum atomic E-state index is 0.222.